The molecule has 1 rings (SSSR count). The average molecular weight is 312 g/mol. The maximum absolute atomic E-state index is 12.5. The van der Waals surface area contributed by atoms with Crippen LogP contribution in [0.3, 0.4) is 0 Å². The molecular weight excluding hydrogens is 288 g/mol. The third kappa shape index (κ3) is 4.56. The minimum atomic E-state index is -3.57. The van der Waals surface area contributed by atoms with E-state index >= 15 is 0 Å². The first-order chi connectivity index (χ1) is 9.97. The van der Waals surface area contributed by atoms with E-state index in [1.807, 2.05) is 0 Å². The van der Waals surface area contributed by atoms with E-state index in [4.69, 9.17) is 4.74 Å². The van der Waals surface area contributed by atoms with Crippen molar-refractivity contribution in [2.24, 2.45) is 0 Å². The topological polar surface area (TPSA) is 58.6 Å². The lowest BCUT2D eigenvalue weighted by Crippen LogP contribution is -2.27. The van der Waals surface area contributed by atoms with Crippen molar-refractivity contribution in [3.63, 3.8) is 0 Å². The fourth-order valence-corrected chi connectivity index (χ4v) is 3.17. The Morgan fingerprint density at radius 3 is 2.71 bits per heavy atom. The van der Waals surface area contributed by atoms with Gasteiger partial charge in [-0.15, -0.1) is 6.58 Å². The number of ether oxygens (including phenoxy) is 1. The van der Waals surface area contributed by atoms with Gasteiger partial charge in [-0.3, -0.25) is 0 Å². The van der Waals surface area contributed by atoms with Crippen LogP contribution >= 0.6 is 0 Å². The molecule has 0 fully saturated rings. The summed E-state index contributed by atoms with van der Waals surface area (Å²) in [5, 5.41) is 3.28. The molecule has 0 bridgehead atoms. The summed E-state index contributed by atoms with van der Waals surface area (Å²) < 4.78 is 31.4. The lowest BCUT2D eigenvalue weighted by molar-refractivity contribution is 0.398. The van der Waals surface area contributed by atoms with Crippen LogP contribution in [0.15, 0.2) is 35.7 Å². The SMILES string of the molecule is C=CCN(C)S(=O)(=O)c1ccc(CNCCC)cc1OC. The third-order valence-electron chi connectivity index (χ3n) is 3.06. The lowest BCUT2D eigenvalue weighted by atomic mass is 10.2. The van der Waals surface area contributed by atoms with Crippen LogP contribution in [0.1, 0.15) is 18.9 Å². The van der Waals surface area contributed by atoms with E-state index in [-0.39, 0.29) is 11.4 Å². The maximum Gasteiger partial charge on any atom is 0.246 e. The van der Waals surface area contributed by atoms with Gasteiger partial charge in [0.1, 0.15) is 10.6 Å². The fourth-order valence-electron chi connectivity index (χ4n) is 1.89. The van der Waals surface area contributed by atoms with E-state index in [1.165, 1.54) is 18.5 Å². The molecule has 5 nitrogen and oxygen atoms in total. The monoisotopic (exact) mass is 312 g/mol. The van der Waals surface area contributed by atoms with Gasteiger partial charge in [-0.2, -0.15) is 4.31 Å². The highest BCUT2D eigenvalue weighted by molar-refractivity contribution is 7.89. The Bertz CT molecular complexity index is 570. The zero-order valence-electron chi connectivity index (χ0n) is 12.9. The molecule has 118 valence electrons. The second-order valence-electron chi connectivity index (χ2n) is 4.74. The van der Waals surface area contributed by atoms with Gasteiger partial charge in [-0.25, -0.2) is 8.42 Å². The summed E-state index contributed by atoms with van der Waals surface area (Å²) in [6, 6.07) is 5.16. The summed E-state index contributed by atoms with van der Waals surface area (Å²) >= 11 is 0. The Morgan fingerprint density at radius 1 is 1.43 bits per heavy atom. The van der Waals surface area contributed by atoms with E-state index in [1.54, 1.807) is 24.3 Å². The van der Waals surface area contributed by atoms with E-state index in [9.17, 15) is 8.42 Å². The molecule has 0 aliphatic carbocycles. The van der Waals surface area contributed by atoms with Crippen LogP contribution in [0.25, 0.3) is 0 Å². The van der Waals surface area contributed by atoms with Crippen LogP contribution in [0, 0.1) is 0 Å². The summed E-state index contributed by atoms with van der Waals surface area (Å²) in [6.45, 7) is 7.52. The molecule has 1 aromatic carbocycles. The number of hydrogen-bond donors (Lipinski definition) is 1. The quantitative estimate of drug-likeness (QED) is 0.560. The van der Waals surface area contributed by atoms with Crippen molar-refractivity contribution in [3.05, 3.63) is 36.4 Å². The first kappa shape index (κ1) is 17.7. The van der Waals surface area contributed by atoms with Crippen LogP contribution in [0.2, 0.25) is 0 Å². The Kier molecular flexibility index (Phi) is 6.87. The molecule has 0 aromatic heterocycles. The van der Waals surface area contributed by atoms with E-state index < -0.39 is 10.0 Å². The van der Waals surface area contributed by atoms with Gasteiger partial charge in [-0.05, 0) is 30.7 Å². The van der Waals surface area contributed by atoms with Crippen molar-refractivity contribution < 1.29 is 13.2 Å². The number of methoxy groups -OCH3 is 1. The number of nitrogens with zero attached hydrogens (tertiary/aromatic N) is 1. The van der Waals surface area contributed by atoms with Crippen molar-refractivity contribution in [2.45, 2.75) is 24.8 Å². The number of benzene rings is 1. The molecule has 6 heteroatoms. The van der Waals surface area contributed by atoms with Gasteiger partial charge in [-0.1, -0.05) is 19.1 Å². The maximum atomic E-state index is 12.5. The van der Waals surface area contributed by atoms with Gasteiger partial charge in [0.25, 0.3) is 0 Å². The summed E-state index contributed by atoms with van der Waals surface area (Å²) in [6.07, 6.45) is 2.60. The molecule has 0 atom stereocenters. The van der Waals surface area contributed by atoms with Crippen LogP contribution < -0.4 is 10.1 Å². The number of rotatable bonds is 9. The largest absolute Gasteiger partial charge is 0.495 e. The van der Waals surface area contributed by atoms with Crippen LogP contribution in [-0.2, 0) is 16.6 Å². The molecule has 1 N–H and O–H groups in total. The zero-order chi connectivity index (χ0) is 15.9. The number of hydrogen-bond acceptors (Lipinski definition) is 4. The fraction of sp³-hybridized carbons (Fsp3) is 0.467. The summed E-state index contributed by atoms with van der Waals surface area (Å²) in [5.41, 5.74) is 0.991. The van der Waals surface area contributed by atoms with Crippen molar-refractivity contribution in [1.29, 1.82) is 0 Å². The highest BCUT2D eigenvalue weighted by Gasteiger charge is 2.24. The van der Waals surface area contributed by atoms with Gasteiger partial charge < -0.3 is 10.1 Å². The number of nitrogens with one attached hydrogen (secondary N) is 1. The van der Waals surface area contributed by atoms with Gasteiger partial charge in [0.15, 0.2) is 0 Å². The van der Waals surface area contributed by atoms with Crippen molar-refractivity contribution in [1.82, 2.24) is 9.62 Å². The van der Waals surface area contributed by atoms with Crippen LogP contribution in [0.5, 0.6) is 5.75 Å². The van der Waals surface area contributed by atoms with Crippen LogP contribution in [-0.4, -0.2) is 40.0 Å². The summed E-state index contributed by atoms with van der Waals surface area (Å²) in [5.74, 6) is 0.363. The van der Waals surface area contributed by atoms with Gasteiger partial charge in [0, 0.05) is 20.1 Å². The lowest BCUT2D eigenvalue weighted by Gasteiger charge is -2.18. The van der Waals surface area contributed by atoms with Crippen molar-refractivity contribution >= 4 is 10.0 Å². The van der Waals surface area contributed by atoms with Crippen molar-refractivity contribution in [2.75, 3.05) is 27.2 Å². The highest BCUT2D eigenvalue weighted by Crippen LogP contribution is 2.27. The van der Waals surface area contributed by atoms with Gasteiger partial charge in [0.05, 0.1) is 7.11 Å². The predicted molar refractivity (Wildman–Crippen MR) is 85.0 cm³/mol. The minimum Gasteiger partial charge on any atom is -0.495 e. The minimum absolute atomic E-state index is 0.175. The first-order valence-electron chi connectivity index (χ1n) is 6.92. The zero-order valence-corrected chi connectivity index (χ0v) is 13.7. The smallest absolute Gasteiger partial charge is 0.246 e. The molecule has 0 aliphatic heterocycles. The number of likely N-dealkylation sites (N-methyl/N-ethyl adjacent to an activating group) is 1. The molecular formula is C15H24N2O3S. The molecule has 0 aliphatic rings. The van der Waals surface area contributed by atoms with Crippen LogP contribution in [0.4, 0.5) is 0 Å². The van der Waals surface area contributed by atoms with E-state index in [2.05, 4.69) is 18.8 Å². The Labute approximate surface area is 127 Å². The molecule has 21 heavy (non-hydrogen) atoms. The normalized spacial score (nSPS) is 11.6. The number of sulfonamides is 1. The van der Waals surface area contributed by atoms with Gasteiger partial charge >= 0.3 is 0 Å². The predicted octanol–water partition coefficient (Wildman–Crippen LogP) is 2.00. The molecule has 0 spiro atoms. The molecule has 0 heterocycles. The van der Waals surface area contributed by atoms with E-state index in [0.29, 0.717) is 12.3 Å². The van der Waals surface area contributed by atoms with Crippen molar-refractivity contribution in [3.8, 4) is 5.75 Å². The Balaban J connectivity index is 3.05. The molecule has 0 saturated heterocycles. The summed E-state index contributed by atoms with van der Waals surface area (Å²) in [4.78, 5) is 0.175. The standard InChI is InChI=1S/C15H24N2O3S/c1-5-9-16-12-13-7-8-15(14(11-13)20-4)21(18,19)17(3)10-6-2/h6-8,11,16H,2,5,9-10,12H2,1,3-4H3. The third-order valence-corrected chi connectivity index (χ3v) is 4.92. The second-order valence-corrected chi connectivity index (χ2v) is 6.75. The summed E-state index contributed by atoms with van der Waals surface area (Å²) in [7, 11) is -0.571. The van der Waals surface area contributed by atoms with E-state index in [0.717, 1.165) is 18.5 Å². The molecule has 0 unspecified atom stereocenters. The highest BCUT2D eigenvalue weighted by atomic mass is 32.2. The Morgan fingerprint density at radius 2 is 2.14 bits per heavy atom. The Hall–Kier alpha value is -1.37. The average Bonchev–Trinajstić information content (AvgIpc) is 2.47. The van der Waals surface area contributed by atoms with Gasteiger partial charge in [0.2, 0.25) is 10.0 Å². The molecule has 0 amide bonds. The molecule has 0 radical (unpaired) electrons. The first-order valence-corrected chi connectivity index (χ1v) is 8.36. The molecule has 1 aromatic rings. The second kappa shape index (κ2) is 8.17. The molecule has 0 saturated carbocycles.